The molecule has 0 atom stereocenters. The van der Waals surface area contributed by atoms with Crippen molar-refractivity contribution in [3.63, 3.8) is 0 Å². The molecule has 0 aliphatic carbocycles. The van der Waals surface area contributed by atoms with E-state index in [2.05, 4.69) is 22.8 Å². The van der Waals surface area contributed by atoms with Gasteiger partial charge in [-0.3, -0.25) is 0 Å². The third kappa shape index (κ3) is 4.36. The molecule has 0 aromatic heterocycles. The second kappa shape index (κ2) is 7.16. The summed E-state index contributed by atoms with van der Waals surface area (Å²) in [7, 11) is 0. The smallest absolute Gasteiger partial charge is 0.0757 e. The highest BCUT2D eigenvalue weighted by Crippen LogP contribution is 2.21. The predicted octanol–water partition coefficient (Wildman–Crippen LogP) is 4.60. The normalized spacial score (nSPS) is 10.4. The lowest BCUT2D eigenvalue weighted by molar-refractivity contribution is 0.716. The van der Waals surface area contributed by atoms with Gasteiger partial charge in [0, 0.05) is 4.90 Å². The fraction of sp³-hybridized carbons (Fsp3) is 0.455. The van der Waals surface area contributed by atoms with Gasteiger partial charge in [-0.2, -0.15) is 0 Å². The summed E-state index contributed by atoms with van der Waals surface area (Å²) in [6.07, 6.45) is 5.02. The highest BCUT2D eigenvalue weighted by atomic mass is 35.5. The molecular weight excluding hydrogens is 216 g/mol. The van der Waals surface area contributed by atoms with Crippen molar-refractivity contribution in [3.8, 4) is 0 Å². The fourth-order valence-corrected chi connectivity index (χ4v) is 1.87. The topological polar surface area (TPSA) is 9.23 Å². The molecule has 0 saturated heterocycles. The van der Waals surface area contributed by atoms with E-state index in [0.29, 0.717) is 0 Å². The zero-order valence-corrected chi connectivity index (χ0v) is 9.90. The summed E-state index contributed by atoms with van der Waals surface area (Å²) in [6, 6.07) is 8.34. The summed E-state index contributed by atoms with van der Waals surface area (Å²) >= 11 is 6.32. The monoisotopic (exact) mass is 230 g/mol. The molecule has 0 heterocycles. The molecule has 14 heavy (non-hydrogen) atoms. The van der Waals surface area contributed by atoms with Crippen LogP contribution in [0.3, 0.4) is 0 Å². The number of hydrogen-bond acceptors (Lipinski definition) is 2. The molecule has 0 N–H and O–H groups in total. The van der Waals surface area contributed by atoms with Crippen molar-refractivity contribution < 1.29 is 3.74 Å². The lowest BCUT2D eigenvalue weighted by Gasteiger charge is -2.01. The van der Waals surface area contributed by atoms with E-state index in [1.54, 1.807) is 0 Å². The first kappa shape index (κ1) is 11.9. The van der Waals surface area contributed by atoms with Crippen LogP contribution in [0.25, 0.3) is 0 Å². The van der Waals surface area contributed by atoms with Crippen LogP contribution in [-0.2, 0) is 10.2 Å². The molecule has 0 saturated carbocycles. The van der Waals surface area contributed by atoms with Gasteiger partial charge in [0.15, 0.2) is 0 Å². The molecule has 0 bridgehead atoms. The Hall–Kier alpha value is -0.180. The lowest BCUT2D eigenvalue weighted by atomic mass is 10.1. The third-order valence-electron chi connectivity index (χ3n) is 2.12. The maximum absolute atomic E-state index is 5.14. The van der Waals surface area contributed by atoms with Gasteiger partial charge in [-0.25, -0.2) is 3.74 Å². The average Bonchev–Trinajstić information content (AvgIpc) is 2.21. The first-order valence-corrected chi connectivity index (χ1v) is 5.96. The first-order valence-electron chi connectivity index (χ1n) is 4.91. The number of hydrogen-bond donors (Lipinski definition) is 0. The Morgan fingerprint density at radius 1 is 1.21 bits per heavy atom. The maximum Gasteiger partial charge on any atom is 0.0757 e. The highest BCUT2D eigenvalue weighted by Gasteiger charge is 1.95. The molecule has 0 aliphatic rings. The summed E-state index contributed by atoms with van der Waals surface area (Å²) < 4.78 is 4.46. The van der Waals surface area contributed by atoms with E-state index in [9.17, 15) is 0 Å². The molecular formula is C11H15ClOS. The summed E-state index contributed by atoms with van der Waals surface area (Å²) in [5.41, 5.74) is 1.39. The number of unbranched alkanes of at least 4 members (excludes halogenated alkanes) is 2. The molecule has 1 aromatic carbocycles. The van der Waals surface area contributed by atoms with E-state index in [-0.39, 0.29) is 0 Å². The van der Waals surface area contributed by atoms with Crippen LogP contribution in [0.4, 0.5) is 0 Å². The van der Waals surface area contributed by atoms with Gasteiger partial charge in [-0.15, -0.1) is 0 Å². The second-order valence-corrected chi connectivity index (χ2v) is 4.39. The van der Waals surface area contributed by atoms with Crippen molar-refractivity contribution >= 4 is 23.9 Å². The van der Waals surface area contributed by atoms with E-state index in [1.807, 2.05) is 12.1 Å². The van der Waals surface area contributed by atoms with Gasteiger partial charge in [0.2, 0.25) is 0 Å². The minimum atomic E-state index is 1.04. The van der Waals surface area contributed by atoms with Gasteiger partial charge in [-0.05, 0) is 30.5 Å². The standard InChI is InChI=1S/C11H15ClOS/c1-2-3-4-5-10-6-8-11(9-7-10)14-13-12/h6-9H,2-5H2,1H3. The summed E-state index contributed by atoms with van der Waals surface area (Å²) in [6.45, 7) is 2.22. The Morgan fingerprint density at radius 2 is 1.93 bits per heavy atom. The molecule has 3 heteroatoms. The summed E-state index contributed by atoms with van der Waals surface area (Å²) in [5, 5.41) is 0. The van der Waals surface area contributed by atoms with Crippen LogP contribution >= 0.6 is 23.9 Å². The summed E-state index contributed by atoms with van der Waals surface area (Å²) in [5.74, 6) is 0. The minimum Gasteiger partial charge on any atom is -0.202 e. The number of halogens is 1. The Morgan fingerprint density at radius 3 is 2.50 bits per heavy atom. The van der Waals surface area contributed by atoms with Crippen molar-refractivity contribution in [3.05, 3.63) is 29.8 Å². The SMILES string of the molecule is CCCCCc1ccc(SOCl)cc1. The second-order valence-electron chi connectivity index (χ2n) is 3.25. The van der Waals surface area contributed by atoms with Crippen LogP contribution in [0.15, 0.2) is 29.2 Å². The molecule has 0 amide bonds. The van der Waals surface area contributed by atoms with E-state index in [1.165, 1.54) is 43.3 Å². The van der Waals surface area contributed by atoms with Crippen LogP contribution < -0.4 is 0 Å². The highest BCUT2D eigenvalue weighted by molar-refractivity contribution is 7.95. The Balaban J connectivity index is 2.38. The van der Waals surface area contributed by atoms with Crippen molar-refractivity contribution in [2.75, 3.05) is 0 Å². The van der Waals surface area contributed by atoms with Gasteiger partial charge in [-0.1, -0.05) is 31.9 Å². The first-order chi connectivity index (χ1) is 6.86. The Bertz CT molecular complexity index is 248. The molecule has 78 valence electrons. The van der Waals surface area contributed by atoms with Crippen LogP contribution in [0.5, 0.6) is 0 Å². The van der Waals surface area contributed by atoms with Crippen LogP contribution in [0, 0.1) is 0 Å². The molecule has 0 aliphatic heterocycles. The van der Waals surface area contributed by atoms with E-state index in [0.717, 1.165) is 4.90 Å². The van der Waals surface area contributed by atoms with Crippen LogP contribution in [0.1, 0.15) is 31.7 Å². The van der Waals surface area contributed by atoms with Gasteiger partial charge in [0.05, 0.1) is 23.9 Å². The molecule has 0 radical (unpaired) electrons. The third-order valence-corrected chi connectivity index (χ3v) is 2.84. The zero-order chi connectivity index (χ0) is 10.2. The molecule has 0 spiro atoms. The Kier molecular flexibility index (Phi) is 6.08. The van der Waals surface area contributed by atoms with Crippen molar-refractivity contribution in [2.24, 2.45) is 0 Å². The van der Waals surface area contributed by atoms with Crippen molar-refractivity contribution in [1.29, 1.82) is 0 Å². The molecule has 1 nitrogen and oxygen atoms in total. The number of rotatable bonds is 6. The zero-order valence-electron chi connectivity index (χ0n) is 8.33. The Labute approximate surface area is 95.2 Å². The van der Waals surface area contributed by atoms with Gasteiger partial charge >= 0.3 is 0 Å². The fourth-order valence-electron chi connectivity index (χ4n) is 1.33. The molecule has 1 aromatic rings. The average molecular weight is 231 g/mol. The lowest BCUT2D eigenvalue weighted by Crippen LogP contribution is -1.84. The largest absolute Gasteiger partial charge is 0.202 e. The molecule has 0 fully saturated rings. The van der Waals surface area contributed by atoms with E-state index in [4.69, 9.17) is 11.9 Å². The number of benzene rings is 1. The van der Waals surface area contributed by atoms with Gasteiger partial charge in [0.25, 0.3) is 0 Å². The molecule has 0 unspecified atom stereocenters. The quantitative estimate of drug-likeness (QED) is 0.522. The van der Waals surface area contributed by atoms with Crippen molar-refractivity contribution in [2.45, 2.75) is 37.5 Å². The minimum absolute atomic E-state index is 1.04. The van der Waals surface area contributed by atoms with Crippen molar-refractivity contribution in [1.82, 2.24) is 0 Å². The van der Waals surface area contributed by atoms with Gasteiger partial charge in [0.1, 0.15) is 0 Å². The number of aryl methyl sites for hydroxylation is 1. The predicted molar refractivity (Wildman–Crippen MR) is 62.5 cm³/mol. The van der Waals surface area contributed by atoms with Gasteiger partial charge < -0.3 is 0 Å². The summed E-state index contributed by atoms with van der Waals surface area (Å²) in [4.78, 5) is 1.04. The van der Waals surface area contributed by atoms with E-state index < -0.39 is 0 Å². The van der Waals surface area contributed by atoms with E-state index >= 15 is 0 Å². The molecule has 1 rings (SSSR count). The van der Waals surface area contributed by atoms with Crippen LogP contribution in [-0.4, -0.2) is 0 Å². The van der Waals surface area contributed by atoms with Crippen LogP contribution in [0.2, 0.25) is 0 Å². The maximum atomic E-state index is 5.14.